The van der Waals surface area contributed by atoms with Crippen molar-refractivity contribution in [3.05, 3.63) is 47.5 Å². The van der Waals surface area contributed by atoms with Crippen LogP contribution in [-0.2, 0) is 9.53 Å². The van der Waals surface area contributed by atoms with E-state index >= 15 is 0 Å². The monoisotopic (exact) mass is 732 g/mol. The third-order valence-electron chi connectivity index (χ3n) is 12.1. The number of rotatable bonds is 10. The first-order valence-corrected chi connectivity index (χ1v) is 18.6. The molecule has 0 bridgehead atoms. The molecule has 4 saturated heterocycles. The van der Waals surface area contributed by atoms with Gasteiger partial charge in [-0.2, -0.15) is 18.2 Å². The number of nitrogens with two attached hydrogens (primary N) is 1. The molecule has 1 saturated carbocycles. The molecule has 53 heavy (non-hydrogen) atoms. The Hall–Kier alpha value is -4.43. The van der Waals surface area contributed by atoms with E-state index in [-0.39, 0.29) is 35.1 Å². The van der Waals surface area contributed by atoms with Crippen molar-refractivity contribution in [2.45, 2.75) is 63.3 Å². The smallest absolute Gasteiger partial charge is 0.422 e. The van der Waals surface area contributed by atoms with E-state index < -0.39 is 12.8 Å². The fourth-order valence-electron chi connectivity index (χ4n) is 8.81. The molecule has 1 amide bonds. The Kier molecular flexibility index (Phi) is 9.03. The minimum atomic E-state index is -4.60. The molecule has 5 heterocycles. The lowest BCUT2D eigenvalue weighted by atomic mass is 9.72. The van der Waals surface area contributed by atoms with Crippen LogP contribution in [0.15, 0.2) is 30.9 Å². The van der Waals surface area contributed by atoms with Crippen LogP contribution in [0.3, 0.4) is 0 Å². The van der Waals surface area contributed by atoms with Crippen LogP contribution in [0.2, 0.25) is 0 Å². The number of carbonyl (C=O) groups is 1. The molecule has 1 atom stereocenters. The number of piperidine rings is 1. The number of aryl methyl sites for hydroxylation is 1. The molecule has 5 aliphatic rings. The summed E-state index contributed by atoms with van der Waals surface area (Å²) < 4.78 is 53.7. The number of hydrogen-bond acceptors (Lipinski definition) is 10. The lowest BCUT2D eigenvalue weighted by Crippen LogP contribution is -2.61. The van der Waals surface area contributed by atoms with Crippen molar-refractivity contribution >= 4 is 40.5 Å². The zero-order valence-electron chi connectivity index (χ0n) is 30.3. The maximum atomic E-state index is 14.1. The normalized spacial score (nSPS) is 21.9. The lowest BCUT2D eigenvalue weighted by Gasteiger charge is -2.54. The summed E-state index contributed by atoms with van der Waals surface area (Å²) in [5, 5.41) is 8.97. The predicted octanol–water partition coefficient (Wildman–Crippen LogP) is 5.53. The number of amides is 1. The Morgan fingerprint density at radius 2 is 1.81 bits per heavy atom. The van der Waals surface area contributed by atoms with E-state index in [1.54, 1.807) is 13.2 Å². The summed E-state index contributed by atoms with van der Waals surface area (Å²) in [7, 11) is 1.73. The number of anilines is 3. The average molecular weight is 733 g/mol. The Balaban J connectivity index is 1.27. The SMILES string of the molecule is C=CC(=O)N1CC2(CCN(c3nc(N4CC[C@@H](N5CC(OC)C5)C4)nc4c(OCC(F)(F)F)c(-c5c(C)ccc(N)c5C=N)c(C5CC5)cc34)CC2)C1. The zero-order valence-corrected chi connectivity index (χ0v) is 30.3. The highest BCUT2D eigenvalue weighted by Crippen LogP contribution is 2.53. The average Bonchev–Trinajstić information content (AvgIpc) is 3.85. The van der Waals surface area contributed by atoms with E-state index in [0.717, 1.165) is 56.3 Å². The Labute approximate surface area is 307 Å². The van der Waals surface area contributed by atoms with Gasteiger partial charge in [0.2, 0.25) is 11.9 Å². The topological polar surface area (TPSA) is 124 Å². The van der Waals surface area contributed by atoms with Crippen molar-refractivity contribution < 1.29 is 27.4 Å². The highest BCUT2D eigenvalue weighted by atomic mass is 19.4. The van der Waals surface area contributed by atoms with E-state index in [1.165, 1.54) is 12.3 Å². The van der Waals surface area contributed by atoms with Crippen LogP contribution < -0.4 is 20.3 Å². The number of nitrogen functional groups attached to an aromatic ring is 1. The van der Waals surface area contributed by atoms with Crippen LogP contribution in [-0.4, -0.2) is 116 Å². The van der Waals surface area contributed by atoms with E-state index in [0.29, 0.717) is 84.3 Å². The minimum Gasteiger partial charge on any atom is -0.481 e. The summed E-state index contributed by atoms with van der Waals surface area (Å²) in [4.78, 5) is 31.2. The van der Waals surface area contributed by atoms with Crippen molar-refractivity contribution in [3.8, 4) is 16.9 Å². The Bertz CT molecular complexity index is 1940. The number of aromatic nitrogens is 2. The Morgan fingerprint density at radius 1 is 1.08 bits per heavy atom. The van der Waals surface area contributed by atoms with E-state index in [1.807, 2.05) is 17.9 Å². The number of alkyl halides is 3. The number of nitrogens with zero attached hydrogens (tertiary/aromatic N) is 6. The molecule has 11 nitrogen and oxygen atoms in total. The number of nitrogens with one attached hydrogen (secondary N) is 1. The van der Waals surface area contributed by atoms with Gasteiger partial charge >= 0.3 is 6.18 Å². The van der Waals surface area contributed by atoms with E-state index in [2.05, 4.69) is 27.3 Å². The van der Waals surface area contributed by atoms with Gasteiger partial charge in [-0.25, -0.2) is 4.98 Å². The molecule has 5 fully saturated rings. The van der Waals surface area contributed by atoms with Crippen molar-refractivity contribution in [1.29, 1.82) is 5.41 Å². The van der Waals surface area contributed by atoms with Crippen LogP contribution in [0, 0.1) is 17.7 Å². The standard InChI is InChI=1S/C39H47F3N8O3/c1-4-31(51)50-20-38(21-50)10-13-47(14-11-38)36-28-15-27(24-6-7-24)33(32-23(2)5-8-30(44)29(32)16-43)35(53-22-39(40,41)42)34(28)45-37(46-36)48-12-9-25(17-48)49-18-26(19-49)52-3/h4-5,8,15-16,24-26,43H,1,6-7,9-14,17-22,44H2,2-3H3/t25-/m1/s1. The molecule has 2 aromatic carbocycles. The molecule has 1 aromatic heterocycles. The highest BCUT2D eigenvalue weighted by Gasteiger charge is 2.47. The first-order valence-electron chi connectivity index (χ1n) is 18.6. The second-order valence-corrected chi connectivity index (χ2v) is 15.6. The number of hydrogen-bond donors (Lipinski definition) is 2. The summed E-state index contributed by atoms with van der Waals surface area (Å²) >= 11 is 0. The van der Waals surface area contributed by atoms with Gasteiger partial charge < -0.3 is 35.3 Å². The van der Waals surface area contributed by atoms with Crippen LogP contribution in [0.5, 0.6) is 5.75 Å². The summed E-state index contributed by atoms with van der Waals surface area (Å²) in [5.41, 5.74) is 10.3. The first-order chi connectivity index (χ1) is 25.4. The third-order valence-corrected chi connectivity index (χ3v) is 12.1. The summed E-state index contributed by atoms with van der Waals surface area (Å²) in [6.45, 7) is 9.89. The molecule has 4 aliphatic heterocycles. The number of halogens is 3. The fraction of sp³-hybridized carbons (Fsp3) is 0.538. The van der Waals surface area contributed by atoms with Gasteiger partial charge in [0.15, 0.2) is 12.4 Å². The number of likely N-dealkylation sites (tertiary alicyclic amines) is 2. The lowest BCUT2D eigenvalue weighted by molar-refractivity contribution is -0.153. The number of benzene rings is 2. The summed E-state index contributed by atoms with van der Waals surface area (Å²) in [6, 6.07) is 5.91. The first kappa shape index (κ1) is 35.6. The summed E-state index contributed by atoms with van der Waals surface area (Å²) in [5.74, 6) is 1.25. The third kappa shape index (κ3) is 6.58. The molecule has 0 radical (unpaired) electrons. The van der Waals surface area contributed by atoms with Gasteiger partial charge in [-0.1, -0.05) is 12.6 Å². The van der Waals surface area contributed by atoms with Crippen LogP contribution in [0.4, 0.5) is 30.6 Å². The van der Waals surface area contributed by atoms with Crippen molar-refractivity contribution in [2.24, 2.45) is 5.41 Å². The van der Waals surface area contributed by atoms with E-state index in [4.69, 9.17) is 30.6 Å². The highest BCUT2D eigenvalue weighted by molar-refractivity contribution is 6.05. The molecule has 3 N–H and O–H groups in total. The molecular formula is C39H47F3N8O3. The van der Waals surface area contributed by atoms with Gasteiger partial charge in [-0.15, -0.1) is 0 Å². The van der Waals surface area contributed by atoms with Crippen molar-refractivity contribution in [1.82, 2.24) is 19.8 Å². The van der Waals surface area contributed by atoms with Gasteiger partial charge in [-0.3, -0.25) is 9.69 Å². The van der Waals surface area contributed by atoms with Crippen LogP contribution >= 0.6 is 0 Å². The second-order valence-electron chi connectivity index (χ2n) is 15.6. The van der Waals surface area contributed by atoms with Crippen molar-refractivity contribution in [2.75, 3.05) is 81.6 Å². The molecule has 282 valence electrons. The molecular weight excluding hydrogens is 685 g/mol. The second kappa shape index (κ2) is 13.5. The van der Waals surface area contributed by atoms with Gasteiger partial charge in [0.05, 0.1) is 6.10 Å². The fourth-order valence-corrected chi connectivity index (χ4v) is 8.81. The maximum Gasteiger partial charge on any atom is 0.422 e. The van der Waals surface area contributed by atoms with Gasteiger partial charge in [0.25, 0.3) is 0 Å². The molecule has 0 unspecified atom stereocenters. The largest absolute Gasteiger partial charge is 0.481 e. The van der Waals surface area contributed by atoms with Crippen LogP contribution in [0.25, 0.3) is 22.0 Å². The van der Waals surface area contributed by atoms with E-state index in [9.17, 15) is 18.0 Å². The molecule has 1 spiro atoms. The maximum absolute atomic E-state index is 14.1. The zero-order chi connectivity index (χ0) is 37.2. The van der Waals surface area contributed by atoms with Gasteiger partial charge in [0, 0.05) is 99.3 Å². The molecule has 1 aliphatic carbocycles. The quantitative estimate of drug-likeness (QED) is 0.157. The predicted molar refractivity (Wildman–Crippen MR) is 199 cm³/mol. The number of carbonyl (C=O) groups excluding carboxylic acids is 1. The van der Waals surface area contributed by atoms with Crippen LogP contribution in [0.1, 0.15) is 54.7 Å². The number of methoxy groups -OCH3 is 1. The molecule has 8 rings (SSSR count). The number of ether oxygens (including phenoxy) is 2. The Morgan fingerprint density at radius 3 is 2.45 bits per heavy atom. The molecule has 14 heteroatoms. The number of fused-ring (bicyclic) bond motifs is 1. The van der Waals surface area contributed by atoms with Gasteiger partial charge in [-0.05, 0) is 79.8 Å². The molecule has 3 aromatic rings. The van der Waals surface area contributed by atoms with Gasteiger partial charge in [0.1, 0.15) is 11.3 Å². The van der Waals surface area contributed by atoms with Crippen molar-refractivity contribution in [3.63, 3.8) is 0 Å². The minimum absolute atomic E-state index is 0.0293. The summed E-state index contributed by atoms with van der Waals surface area (Å²) in [6.07, 6.45) is 2.54.